The zero-order chi connectivity index (χ0) is 13.9. The van der Waals surface area contributed by atoms with Gasteiger partial charge in [-0.2, -0.15) is 13.2 Å². The third-order valence-corrected chi connectivity index (χ3v) is 1.64. The number of rotatable bonds is 3. The molecule has 1 aromatic rings. The molecule has 0 fully saturated rings. The fraction of sp³-hybridized carbons (Fsp3) is 0.250. The van der Waals surface area contributed by atoms with Crippen molar-refractivity contribution in [3.8, 4) is 11.8 Å². The molecule has 0 saturated carbocycles. The average molecular weight is 268 g/mol. The Labute approximate surface area is 97.3 Å². The molecule has 0 aliphatic carbocycles. The van der Waals surface area contributed by atoms with E-state index in [1.807, 2.05) is 0 Å². The largest absolute Gasteiger partial charge is 0.492 e. The molecule has 1 rings (SSSR count). The molecule has 0 unspecified atom stereocenters. The van der Waals surface area contributed by atoms with Gasteiger partial charge in [0.15, 0.2) is 0 Å². The third kappa shape index (κ3) is 3.30. The quantitative estimate of drug-likeness (QED) is 0.688. The number of hydrogen-bond donors (Lipinski definition) is 3. The molecule has 7 nitrogen and oxygen atoms in total. The highest BCUT2D eigenvalue weighted by Crippen LogP contribution is 2.18. The van der Waals surface area contributed by atoms with Crippen LogP contribution in [0.25, 0.3) is 0 Å². The van der Waals surface area contributed by atoms with Crippen LogP contribution in [0.5, 0.6) is 11.8 Å². The van der Waals surface area contributed by atoms with Crippen molar-refractivity contribution < 1.29 is 37.8 Å². The smallest absolute Gasteiger partial charge is 0.471 e. The first-order valence-corrected chi connectivity index (χ1v) is 4.37. The molecule has 0 spiro atoms. The van der Waals surface area contributed by atoms with Gasteiger partial charge in [0.1, 0.15) is 6.54 Å². The molecule has 1 heterocycles. The summed E-state index contributed by atoms with van der Waals surface area (Å²) in [6.45, 7) is -1.07. The fourth-order valence-electron chi connectivity index (χ4n) is 0.882. The van der Waals surface area contributed by atoms with Crippen molar-refractivity contribution in [2.75, 3.05) is 6.54 Å². The van der Waals surface area contributed by atoms with Gasteiger partial charge in [-0.3, -0.25) is 4.79 Å². The summed E-state index contributed by atoms with van der Waals surface area (Å²) in [5.74, 6) is -4.89. The Morgan fingerprint density at radius 1 is 1.28 bits per heavy atom. The van der Waals surface area contributed by atoms with Crippen molar-refractivity contribution in [1.29, 1.82) is 0 Å². The molecular weight excluding hydrogens is 261 g/mol. The van der Waals surface area contributed by atoms with Crippen molar-refractivity contribution in [2.24, 2.45) is 0 Å². The molecule has 0 atom stereocenters. The molecule has 10 heteroatoms. The first kappa shape index (κ1) is 13.7. The van der Waals surface area contributed by atoms with Crippen LogP contribution in [0.2, 0.25) is 0 Å². The van der Waals surface area contributed by atoms with Gasteiger partial charge in [0, 0.05) is 12.1 Å². The standard InChI is InChI=1S/C8H7F3N2O5/c9-8(10,11)7(17)12-3-6(16)18-13-4(14)1-2-5(13)15/h1-2,14-15H,3H2,(H,12,17). The molecule has 1 aromatic heterocycles. The average Bonchev–Trinajstić information content (AvgIpc) is 2.56. The Bertz CT molecular complexity index is 448. The van der Waals surface area contributed by atoms with E-state index in [9.17, 15) is 22.8 Å². The van der Waals surface area contributed by atoms with Crippen molar-refractivity contribution in [2.45, 2.75) is 6.18 Å². The molecular formula is C8H7F3N2O5. The number of aromatic nitrogens is 1. The van der Waals surface area contributed by atoms with Crippen LogP contribution in [0.1, 0.15) is 0 Å². The summed E-state index contributed by atoms with van der Waals surface area (Å²) >= 11 is 0. The molecule has 1 amide bonds. The van der Waals surface area contributed by atoms with Crippen LogP contribution in [0, 0.1) is 0 Å². The number of amides is 1. The second kappa shape index (κ2) is 4.85. The molecule has 0 aliphatic rings. The summed E-state index contributed by atoms with van der Waals surface area (Å²) in [6.07, 6.45) is -5.11. The van der Waals surface area contributed by atoms with E-state index in [2.05, 4.69) is 4.84 Å². The van der Waals surface area contributed by atoms with Gasteiger partial charge in [-0.15, -0.1) is 4.73 Å². The lowest BCUT2D eigenvalue weighted by Gasteiger charge is -2.09. The summed E-state index contributed by atoms with van der Waals surface area (Å²) in [6, 6.07) is 1.97. The van der Waals surface area contributed by atoms with E-state index < -0.39 is 36.4 Å². The van der Waals surface area contributed by atoms with Crippen molar-refractivity contribution in [1.82, 2.24) is 10.0 Å². The van der Waals surface area contributed by atoms with Crippen molar-refractivity contribution >= 4 is 11.9 Å². The van der Waals surface area contributed by atoms with E-state index in [0.717, 1.165) is 12.1 Å². The molecule has 0 radical (unpaired) electrons. The molecule has 0 saturated heterocycles. The maximum absolute atomic E-state index is 11.8. The first-order valence-electron chi connectivity index (χ1n) is 4.37. The van der Waals surface area contributed by atoms with Crippen LogP contribution < -0.4 is 10.2 Å². The zero-order valence-electron chi connectivity index (χ0n) is 8.56. The molecule has 0 aromatic carbocycles. The molecule has 3 N–H and O–H groups in total. The van der Waals surface area contributed by atoms with Crippen molar-refractivity contribution in [3.05, 3.63) is 12.1 Å². The number of hydrogen-bond acceptors (Lipinski definition) is 5. The summed E-state index contributed by atoms with van der Waals surface area (Å²) in [7, 11) is 0. The van der Waals surface area contributed by atoms with Crippen LogP contribution >= 0.6 is 0 Å². The highest BCUT2D eigenvalue weighted by molar-refractivity contribution is 5.85. The highest BCUT2D eigenvalue weighted by atomic mass is 19.4. The van der Waals surface area contributed by atoms with Gasteiger partial charge < -0.3 is 20.4 Å². The van der Waals surface area contributed by atoms with Crippen LogP contribution in [0.3, 0.4) is 0 Å². The molecule has 100 valence electrons. The minimum atomic E-state index is -5.11. The fourth-order valence-corrected chi connectivity index (χ4v) is 0.882. The third-order valence-electron chi connectivity index (χ3n) is 1.64. The van der Waals surface area contributed by atoms with E-state index in [0.29, 0.717) is 0 Å². The second-order valence-electron chi connectivity index (χ2n) is 2.99. The summed E-state index contributed by atoms with van der Waals surface area (Å²) in [4.78, 5) is 25.6. The van der Waals surface area contributed by atoms with E-state index in [1.54, 1.807) is 0 Å². The topological polar surface area (TPSA) is 101 Å². The zero-order valence-corrected chi connectivity index (χ0v) is 8.56. The van der Waals surface area contributed by atoms with Crippen molar-refractivity contribution in [3.63, 3.8) is 0 Å². The first-order chi connectivity index (χ1) is 8.21. The number of carbonyl (C=O) groups excluding carboxylic acids is 2. The minimum absolute atomic E-state index is 0.280. The van der Waals surface area contributed by atoms with Gasteiger partial charge in [-0.25, -0.2) is 4.79 Å². The number of aromatic hydroxyl groups is 2. The number of nitrogens with zero attached hydrogens (tertiary/aromatic N) is 1. The van der Waals surface area contributed by atoms with E-state index in [1.165, 1.54) is 5.32 Å². The molecule has 18 heavy (non-hydrogen) atoms. The number of carbonyl (C=O) groups is 2. The predicted molar refractivity (Wildman–Crippen MR) is 48.4 cm³/mol. The lowest BCUT2D eigenvalue weighted by molar-refractivity contribution is -0.174. The van der Waals surface area contributed by atoms with E-state index in [4.69, 9.17) is 10.2 Å². The Morgan fingerprint density at radius 2 is 1.78 bits per heavy atom. The van der Waals surface area contributed by atoms with Gasteiger partial charge >= 0.3 is 18.1 Å². The summed E-state index contributed by atoms with van der Waals surface area (Å²) in [5.41, 5.74) is 0. The minimum Gasteiger partial charge on any atom is -0.492 e. The monoisotopic (exact) mass is 268 g/mol. The number of nitrogens with one attached hydrogen (secondary N) is 1. The lowest BCUT2D eigenvalue weighted by atomic mass is 10.5. The maximum atomic E-state index is 11.8. The van der Waals surface area contributed by atoms with E-state index >= 15 is 0 Å². The lowest BCUT2D eigenvalue weighted by Crippen LogP contribution is -2.41. The van der Waals surface area contributed by atoms with Crippen LogP contribution in [-0.2, 0) is 9.59 Å². The Hall–Kier alpha value is -2.39. The second-order valence-corrected chi connectivity index (χ2v) is 2.99. The summed E-state index contributed by atoms with van der Waals surface area (Å²) in [5, 5.41) is 19.3. The van der Waals surface area contributed by atoms with Crippen LogP contribution in [-0.4, -0.2) is 39.5 Å². The molecule has 0 aliphatic heterocycles. The van der Waals surface area contributed by atoms with E-state index in [-0.39, 0.29) is 4.73 Å². The number of halogens is 3. The van der Waals surface area contributed by atoms with Gasteiger partial charge in [-0.1, -0.05) is 0 Å². The van der Waals surface area contributed by atoms with Gasteiger partial charge in [0.2, 0.25) is 11.8 Å². The van der Waals surface area contributed by atoms with Gasteiger partial charge in [-0.05, 0) is 0 Å². The SMILES string of the molecule is O=C(CNC(=O)C(F)(F)F)On1c(O)ccc1O. The maximum Gasteiger partial charge on any atom is 0.471 e. The Balaban J connectivity index is 2.51. The predicted octanol–water partition coefficient (Wildman–Crippen LogP) is -0.467. The van der Waals surface area contributed by atoms with Gasteiger partial charge in [0.25, 0.3) is 0 Å². The van der Waals surface area contributed by atoms with Crippen LogP contribution in [0.4, 0.5) is 13.2 Å². The normalized spacial score (nSPS) is 11.1. The number of alkyl halides is 3. The molecule has 0 bridgehead atoms. The Morgan fingerprint density at radius 3 is 2.22 bits per heavy atom. The summed E-state index contributed by atoms with van der Waals surface area (Å²) < 4.78 is 35.5. The van der Waals surface area contributed by atoms with Crippen LogP contribution in [0.15, 0.2) is 12.1 Å². The van der Waals surface area contributed by atoms with Gasteiger partial charge in [0.05, 0.1) is 0 Å². The highest BCUT2D eigenvalue weighted by Gasteiger charge is 2.38. The Kier molecular flexibility index (Phi) is 3.69.